The minimum Gasteiger partial charge on any atom is -0.349 e. The molecule has 2 aromatic heterocycles. The van der Waals surface area contributed by atoms with Crippen molar-refractivity contribution in [2.45, 2.75) is 20.4 Å². The van der Waals surface area contributed by atoms with E-state index in [-0.39, 0.29) is 11.6 Å². The third-order valence-electron chi connectivity index (χ3n) is 3.24. The van der Waals surface area contributed by atoms with E-state index in [4.69, 9.17) is 0 Å². The lowest BCUT2D eigenvalue weighted by molar-refractivity contribution is 0.608. The number of fused-ring (bicyclic) bond motifs is 1. The predicted octanol–water partition coefficient (Wildman–Crippen LogP) is 3.24. The number of nitrogens with zero attached hydrogens (tertiary/aromatic N) is 3. The van der Waals surface area contributed by atoms with E-state index in [2.05, 4.69) is 15.4 Å². The molecule has 4 nitrogen and oxygen atoms in total. The van der Waals surface area contributed by atoms with E-state index in [1.54, 1.807) is 32.0 Å². The van der Waals surface area contributed by atoms with Crippen LogP contribution < -0.4 is 5.32 Å². The van der Waals surface area contributed by atoms with Crippen molar-refractivity contribution < 1.29 is 8.78 Å². The molecule has 0 atom stereocenters. The molecule has 2 heterocycles. The van der Waals surface area contributed by atoms with Gasteiger partial charge in [0, 0.05) is 6.54 Å². The summed E-state index contributed by atoms with van der Waals surface area (Å²) in [6.45, 7) is 3.94. The fourth-order valence-corrected chi connectivity index (χ4v) is 2.25. The van der Waals surface area contributed by atoms with Gasteiger partial charge in [0.2, 0.25) is 5.95 Å². The third-order valence-corrected chi connectivity index (χ3v) is 3.24. The lowest BCUT2D eigenvalue weighted by atomic mass is 10.1. The van der Waals surface area contributed by atoms with E-state index >= 15 is 0 Å². The van der Waals surface area contributed by atoms with Crippen LogP contribution in [0.25, 0.3) is 5.65 Å². The average Bonchev–Trinajstić information content (AvgIpc) is 2.84. The first-order chi connectivity index (χ1) is 10.0. The summed E-state index contributed by atoms with van der Waals surface area (Å²) in [5.41, 5.74) is 2.72. The van der Waals surface area contributed by atoms with Gasteiger partial charge in [0.05, 0.1) is 6.20 Å². The Hall–Kier alpha value is -2.50. The SMILES string of the molecule is Cc1cc(CNc2nc3ccc(F)cn3n2)cc(C)c1F. The molecule has 3 rings (SSSR count). The summed E-state index contributed by atoms with van der Waals surface area (Å²) in [6.07, 6.45) is 1.26. The van der Waals surface area contributed by atoms with Crippen LogP contribution >= 0.6 is 0 Å². The first kappa shape index (κ1) is 13.5. The van der Waals surface area contributed by atoms with E-state index in [9.17, 15) is 8.78 Å². The topological polar surface area (TPSA) is 42.2 Å². The van der Waals surface area contributed by atoms with Gasteiger partial charge in [-0.3, -0.25) is 0 Å². The zero-order valence-electron chi connectivity index (χ0n) is 11.7. The van der Waals surface area contributed by atoms with Crippen molar-refractivity contribution in [3.8, 4) is 0 Å². The Balaban J connectivity index is 1.80. The molecule has 0 spiro atoms. The highest BCUT2D eigenvalue weighted by atomic mass is 19.1. The van der Waals surface area contributed by atoms with Gasteiger partial charge in [-0.2, -0.15) is 4.98 Å². The molecule has 0 saturated carbocycles. The Labute approximate surface area is 120 Å². The largest absolute Gasteiger partial charge is 0.349 e. The summed E-state index contributed by atoms with van der Waals surface area (Å²) in [5.74, 6) is -0.149. The average molecular weight is 288 g/mol. The summed E-state index contributed by atoms with van der Waals surface area (Å²) in [6, 6.07) is 6.45. The van der Waals surface area contributed by atoms with Crippen molar-refractivity contribution in [1.29, 1.82) is 0 Å². The van der Waals surface area contributed by atoms with Crippen LogP contribution in [0.1, 0.15) is 16.7 Å². The smallest absolute Gasteiger partial charge is 0.243 e. The molecule has 21 heavy (non-hydrogen) atoms. The number of aromatic nitrogens is 3. The normalized spacial score (nSPS) is 11.0. The summed E-state index contributed by atoms with van der Waals surface area (Å²) in [7, 11) is 0. The van der Waals surface area contributed by atoms with Crippen molar-refractivity contribution in [1.82, 2.24) is 14.6 Å². The van der Waals surface area contributed by atoms with Crippen LogP contribution in [0.5, 0.6) is 0 Å². The number of halogens is 2. The summed E-state index contributed by atoms with van der Waals surface area (Å²) in [5, 5.41) is 7.19. The molecule has 0 unspecified atom stereocenters. The van der Waals surface area contributed by atoms with Gasteiger partial charge in [0.1, 0.15) is 11.6 Å². The molecular formula is C15H14F2N4. The Morgan fingerprint density at radius 3 is 2.57 bits per heavy atom. The molecule has 1 N–H and O–H groups in total. The Bertz CT molecular complexity index is 788. The van der Waals surface area contributed by atoms with Crippen molar-refractivity contribution in [3.63, 3.8) is 0 Å². The maximum Gasteiger partial charge on any atom is 0.243 e. The molecule has 0 saturated heterocycles. The summed E-state index contributed by atoms with van der Waals surface area (Å²) >= 11 is 0. The summed E-state index contributed by atoms with van der Waals surface area (Å²) in [4.78, 5) is 4.23. The van der Waals surface area contributed by atoms with Crippen molar-refractivity contribution in [3.05, 3.63) is 58.8 Å². The number of anilines is 1. The monoisotopic (exact) mass is 288 g/mol. The van der Waals surface area contributed by atoms with Crippen molar-refractivity contribution in [2.24, 2.45) is 0 Å². The molecule has 3 aromatic rings. The molecule has 0 amide bonds. The van der Waals surface area contributed by atoms with Crippen LogP contribution in [0.3, 0.4) is 0 Å². The van der Waals surface area contributed by atoms with E-state index in [0.29, 0.717) is 29.3 Å². The summed E-state index contributed by atoms with van der Waals surface area (Å²) < 4.78 is 28.0. The molecule has 0 radical (unpaired) electrons. The van der Waals surface area contributed by atoms with E-state index in [1.807, 2.05) is 0 Å². The molecule has 0 aliphatic carbocycles. The molecule has 6 heteroatoms. The van der Waals surface area contributed by atoms with E-state index in [0.717, 1.165) is 5.56 Å². The molecule has 0 fully saturated rings. The van der Waals surface area contributed by atoms with Gasteiger partial charge in [-0.05, 0) is 42.7 Å². The van der Waals surface area contributed by atoms with E-state index in [1.165, 1.54) is 16.8 Å². The molecular weight excluding hydrogens is 274 g/mol. The standard InChI is InChI=1S/C15H14F2N4/c1-9-5-11(6-10(2)14(9)17)7-18-15-19-13-4-3-12(16)8-21(13)20-15/h3-6,8H,7H2,1-2H3,(H,18,20). The van der Waals surface area contributed by atoms with Gasteiger partial charge in [-0.1, -0.05) is 12.1 Å². The highest BCUT2D eigenvalue weighted by molar-refractivity contribution is 5.43. The van der Waals surface area contributed by atoms with Gasteiger partial charge < -0.3 is 5.32 Å². The van der Waals surface area contributed by atoms with Crippen LogP contribution in [0, 0.1) is 25.5 Å². The van der Waals surface area contributed by atoms with Crippen LogP contribution in [0.15, 0.2) is 30.5 Å². The second-order valence-electron chi connectivity index (χ2n) is 4.98. The number of rotatable bonds is 3. The van der Waals surface area contributed by atoms with Crippen LogP contribution in [-0.2, 0) is 6.54 Å². The lowest BCUT2D eigenvalue weighted by Crippen LogP contribution is -2.03. The second-order valence-corrected chi connectivity index (χ2v) is 4.98. The van der Waals surface area contributed by atoms with Crippen molar-refractivity contribution >= 4 is 11.6 Å². The highest BCUT2D eigenvalue weighted by Crippen LogP contribution is 2.16. The Morgan fingerprint density at radius 1 is 1.14 bits per heavy atom. The minimum atomic E-state index is -0.372. The Morgan fingerprint density at radius 2 is 1.86 bits per heavy atom. The fraction of sp³-hybridized carbons (Fsp3) is 0.200. The van der Waals surface area contributed by atoms with Crippen LogP contribution in [-0.4, -0.2) is 14.6 Å². The maximum absolute atomic E-state index is 13.6. The van der Waals surface area contributed by atoms with Gasteiger partial charge in [-0.25, -0.2) is 13.3 Å². The number of pyridine rings is 1. The van der Waals surface area contributed by atoms with Gasteiger partial charge >= 0.3 is 0 Å². The molecule has 108 valence electrons. The van der Waals surface area contributed by atoms with Gasteiger partial charge in [0.25, 0.3) is 0 Å². The number of nitrogens with one attached hydrogen (secondary N) is 1. The fourth-order valence-electron chi connectivity index (χ4n) is 2.25. The predicted molar refractivity (Wildman–Crippen MR) is 76.1 cm³/mol. The zero-order chi connectivity index (χ0) is 15.0. The van der Waals surface area contributed by atoms with E-state index < -0.39 is 0 Å². The van der Waals surface area contributed by atoms with Gasteiger partial charge in [-0.15, -0.1) is 5.10 Å². The van der Waals surface area contributed by atoms with Crippen molar-refractivity contribution in [2.75, 3.05) is 5.32 Å². The quantitative estimate of drug-likeness (QED) is 0.804. The lowest BCUT2D eigenvalue weighted by Gasteiger charge is -2.07. The molecule has 0 aliphatic rings. The zero-order valence-corrected chi connectivity index (χ0v) is 11.7. The molecule has 0 aliphatic heterocycles. The number of hydrogen-bond acceptors (Lipinski definition) is 3. The first-order valence-corrected chi connectivity index (χ1v) is 6.54. The Kier molecular flexibility index (Phi) is 3.29. The van der Waals surface area contributed by atoms with Gasteiger partial charge in [0.15, 0.2) is 5.65 Å². The highest BCUT2D eigenvalue weighted by Gasteiger charge is 2.07. The third kappa shape index (κ3) is 2.69. The maximum atomic E-state index is 13.6. The number of benzene rings is 1. The second kappa shape index (κ2) is 5.12. The van der Waals surface area contributed by atoms with Crippen LogP contribution in [0.2, 0.25) is 0 Å². The number of aryl methyl sites for hydroxylation is 2. The van der Waals surface area contributed by atoms with Crippen LogP contribution in [0.4, 0.5) is 14.7 Å². The minimum absolute atomic E-state index is 0.180. The number of hydrogen-bond donors (Lipinski definition) is 1. The molecule has 0 bridgehead atoms. The molecule has 1 aromatic carbocycles. The first-order valence-electron chi connectivity index (χ1n) is 6.54.